The summed E-state index contributed by atoms with van der Waals surface area (Å²) in [6.07, 6.45) is 0.0536. The average Bonchev–Trinajstić information content (AvgIpc) is 2.44. The van der Waals surface area contributed by atoms with Crippen molar-refractivity contribution < 1.29 is 19.2 Å². The van der Waals surface area contributed by atoms with Gasteiger partial charge in [-0.25, -0.2) is 4.79 Å². The predicted molar refractivity (Wildman–Crippen MR) is 84.8 cm³/mol. The van der Waals surface area contributed by atoms with Crippen molar-refractivity contribution in [1.82, 2.24) is 10.3 Å². The molecule has 0 spiro atoms. The molecule has 0 bridgehead atoms. The molecule has 0 aromatic carbocycles. The van der Waals surface area contributed by atoms with Gasteiger partial charge in [-0.2, -0.15) is 4.98 Å². The largest absolute Gasteiger partial charge is 0.481 e. The zero-order valence-electron chi connectivity index (χ0n) is 13.7. The monoisotopic (exact) mass is 326 g/mol. The molecule has 1 amide bonds. The number of aromatic nitrogens is 1. The highest BCUT2D eigenvalue weighted by atomic mass is 16.6. The minimum absolute atomic E-state index is 0.131. The normalized spacial score (nSPS) is 10.8. The fourth-order valence-corrected chi connectivity index (χ4v) is 1.62. The van der Waals surface area contributed by atoms with Crippen LogP contribution in [-0.4, -0.2) is 41.8 Å². The van der Waals surface area contributed by atoms with E-state index in [2.05, 4.69) is 15.6 Å². The maximum Gasteiger partial charge on any atom is 0.407 e. The van der Waals surface area contributed by atoms with Crippen molar-refractivity contribution in [2.45, 2.75) is 32.8 Å². The molecule has 0 aliphatic rings. The summed E-state index contributed by atoms with van der Waals surface area (Å²) < 4.78 is 10.0. The molecule has 0 saturated heterocycles. The second-order valence-electron chi connectivity index (χ2n) is 5.69. The number of pyridine rings is 1. The molecule has 9 heteroatoms. The van der Waals surface area contributed by atoms with Gasteiger partial charge in [0, 0.05) is 25.2 Å². The Morgan fingerprint density at radius 3 is 2.61 bits per heavy atom. The Labute approximate surface area is 134 Å². The molecule has 128 valence electrons. The Morgan fingerprint density at radius 1 is 1.35 bits per heavy atom. The van der Waals surface area contributed by atoms with E-state index in [1.165, 1.54) is 19.2 Å². The summed E-state index contributed by atoms with van der Waals surface area (Å²) in [5.74, 6) is 0.414. The number of nitro groups is 1. The first kappa shape index (κ1) is 18.5. The summed E-state index contributed by atoms with van der Waals surface area (Å²) in [6.45, 7) is 6.11. The highest BCUT2D eigenvalue weighted by Gasteiger charge is 2.17. The topological polar surface area (TPSA) is 116 Å². The van der Waals surface area contributed by atoms with E-state index in [0.717, 1.165) is 0 Å². The minimum Gasteiger partial charge on any atom is -0.481 e. The third-order valence-electron chi connectivity index (χ3n) is 2.57. The molecular weight excluding hydrogens is 304 g/mol. The fourth-order valence-electron chi connectivity index (χ4n) is 1.62. The molecule has 0 aliphatic heterocycles. The molecule has 1 aromatic heterocycles. The van der Waals surface area contributed by atoms with E-state index in [4.69, 9.17) is 9.47 Å². The van der Waals surface area contributed by atoms with Crippen molar-refractivity contribution >= 4 is 17.6 Å². The van der Waals surface area contributed by atoms with Gasteiger partial charge in [0.15, 0.2) is 0 Å². The number of alkyl carbamates (subject to hydrolysis) is 1. The molecule has 9 nitrogen and oxygen atoms in total. The smallest absolute Gasteiger partial charge is 0.407 e. The molecule has 2 N–H and O–H groups in total. The zero-order valence-corrected chi connectivity index (χ0v) is 13.7. The number of hydrogen-bond donors (Lipinski definition) is 2. The van der Waals surface area contributed by atoms with Gasteiger partial charge in [0.1, 0.15) is 5.60 Å². The lowest BCUT2D eigenvalue weighted by Crippen LogP contribution is -2.33. The first-order valence-corrected chi connectivity index (χ1v) is 7.13. The Kier molecular flexibility index (Phi) is 6.55. The molecule has 1 heterocycles. The molecule has 0 radical (unpaired) electrons. The molecule has 23 heavy (non-hydrogen) atoms. The number of hydrogen-bond acceptors (Lipinski definition) is 7. The maximum atomic E-state index is 11.4. The first-order valence-electron chi connectivity index (χ1n) is 7.13. The second kappa shape index (κ2) is 8.16. The number of nitrogens with zero attached hydrogens (tertiary/aromatic N) is 2. The number of ether oxygens (including phenoxy) is 2. The average molecular weight is 326 g/mol. The van der Waals surface area contributed by atoms with Gasteiger partial charge in [-0.05, 0) is 27.2 Å². The second-order valence-corrected chi connectivity index (χ2v) is 5.69. The quantitative estimate of drug-likeness (QED) is 0.449. The van der Waals surface area contributed by atoms with Gasteiger partial charge in [0.05, 0.1) is 12.0 Å². The Morgan fingerprint density at radius 2 is 2.04 bits per heavy atom. The van der Waals surface area contributed by atoms with E-state index >= 15 is 0 Å². The van der Waals surface area contributed by atoms with Crippen LogP contribution in [-0.2, 0) is 4.74 Å². The molecular formula is C14H22N4O5. The summed E-state index contributed by atoms with van der Waals surface area (Å²) in [6, 6.07) is 2.75. The van der Waals surface area contributed by atoms with Gasteiger partial charge in [0.25, 0.3) is 0 Å². The van der Waals surface area contributed by atoms with E-state index in [9.17, 15) is 14.9 Å². The van der Waals surface area contributed by atoms with Crippen LogP contribution in [0.15, 0.2) is 12.1 Å². The van der Waals surface area contributed by atoms with Gasteiger partial charge in [-0.15, -0.1) is 0 Å². The SMILES string of the molecule is COc1ccc([N+](=O)[O-])c(NCCCNC(=O)OC(C)(C)C)n1. The van der Waals surface area contributed by atoms with Crippen LogP contribution >= 0.6 is 0 Å². The number of anilines is 1. The van der Waals surface area contributed by atoms with Crippen molar-refractivity contribution in [3.63, 3.8) is 0 Å². The molecule has 0 aliphatic carbocycles. The Bertz CT molecular complexity index is 557. The van der Waals surface area contributed by atoms with Crippen molar-refractivity contribution in [2.75, 3.05) is 25.5 Å². The number of methoxy groups -OCH3 is 1. The highest BCUT2D eigenvalue weighted by Crippen LogP contribution is 2.24. The van der Waals surface area contributed by atoms with E-state index < -0.39 is 16.6 Å². The van der Waals surface area contributed by atoms with Crippen LogP contribution in [0, 0.1) is 10.1 Å². The number of carbonyl (C=O) groups is 1. The zero-order chi connectivity index (χ0) is 17.5. The number of amides is 1. The van der Waals surface area contributed by atoms with E-state index in [1.54, 1.807) is 20.8 Å². The van der Waals surface area contributed by atoms with Gasteiger partial charge >= 0.3 is 11.8 Å². The van der Waals surface area contributed by atoms with Gasteiger partial charge < -0.3 is 20.1 Å². The van der Waals surface area contributed by atoms with Crippen LogP contribution < -0.4 is 15.4 Å². The van der Waals surface area contributed by atoms with Crippen molar-refractivity contribution in [3.8, 4) is 5.88 Å². The molecule has 1 rings (SSSR count). The van der Waals surface area contributed by atoms with Crippen molar-refractivity contribution in [3.05, 3.63) is 22.2 Å². The number of nitrogens with one attached hydrogen (secondary N) is 2. The Hall–Kier alpha value is -2.58. The molecule has 1 aromatic rings. The lowest BCUT2D eigenvalue weighted by molar-refractivity contribution is -0.384. The van der Waals surface area contributed by atoms with Crippen molar-refractivity contribution in [2.24, 2.45) is 0 Å². The van der Waals surface area contributed by atoms with Crippen LogP contribution in [0.4, 0.5) is 16.3 Å². The summed E-state index contributed by atoms with van der Waals surface area (Å²) in [4.78, 5) is 25.9. The van der Waals surface area contributed by atoms with E-state index in [0.29, 0.717) is 19.5 Å². The highest BCUT2D eigenvalue weighted by molar-refractivity contribution is 5.67. The Balaban J connectivity index is 2.44. The van der Waals surface area contributed by atoms with E-state index in [-0.39, 0.29) is 17.4 Å². The lowest BCUT2D eigenvalue weighted by Gasteiger charge is -2.19. The third kappa shape index (κ3) is 6.81. The summed E-state index contributed by atoms with van der Waals surface area (Å²) >= 11 is 0. The van der Waals surface area contributed by atoms with Crippen LogP contribution in [0.1, 0.15) is 27.2 Å². The van der Waals surface area contributed by atoms with Crippen molar-refractivity contribution in [1.29, 1.82) is 0 Å². The summed E-state index contributed by atoms with van der Waals surface area (Å²) in [5, 5.41) is 16.4. The number of rotatable bonds is 7. The molecule has 0 atom stereocenters. The van der Waals surface area contributed by atoms with Crippen LogP contribution in [0.25, 0.3) is 0 Å². The standard InChI is InChI=1S/C14H22N4O5/c1-14(2,3)23-13(19)16-9-5-8-15-12-10(18(20)21)6-7-11(17-12)22-4/h6-7H,5,8-9H2,1-4H3,(H,15,17)(H,16,19). The lowest BCUT2D eigenvalue weighted by atomic mass is 10.2. The molecule has 0 fully saturated rings. The van der Waals surface area contributed by atoms with Gasteiger partial charge in [-0.1, -0.05) is 0 Å². The molecule has 0 saturated carbocycles. The third-order valence-corrected chi connectivity index (χ3v) is 2.57. The molecule has 0 unspecified atom stereocenters. The first-order chi connectivity index (χ1) is 10.7. The van der Waals surface area contributed by atoms with Crippen LogP contribution in [0.2, 0.25) is 0 Å². The van der Waals surface area contributed by atoms with E-state index in [1.807, 2.05) is 0 Å². The van der Waals surface area contributed by atoms with Crippen LogP contribution in [0.5, 0.6) is 5.88 Å². The van der Waals surface area contributed by atoms with Crippen LogP contribution in [0.3, 0.4) is 0 Å². The minimum atomic E-state index is -0.548. The maximum absolute atomic E-state index is 11.4. The summed E-state index contributed by atoms with van der Waals surface area (Å²) in [5.41, 5.74) is -0.682. The van der Waals surface area contributed by atoms with Gasteiger partial charge in [-0.3, -0.25) is 10.1 Å². The van der Waals surface area contributed by atoms with Gasteiger partial charge in [0.2, 0.25) is 11.7 Å². The number of carbonyl (C=O) groups excluding carboxylic acids is 1. The fraction of sp³-hybridized carbons (Fsp3) is 0.571. The predicted octanol–water partition coefficient (Wildman–Crippen LogP) is 2.33. The summed E-state index contributed by atoms with van der Waals surface area (Å²) in [7, 11) is 1.43.